The molecule has 10 rings (SSSR count). The summed E-state index contributed by atoms with van der Waals surface area (Å²) in [5, 5.41) is 33.9. The van der Waals surface area contributed by atoms with E-state index in [2.05, 4.69) is 29.9 Å². The van der Waals surface area contributed by atoms with E-state index >= 15 is 0 Å². The summed E-state index contributed by atoms with van der Waals surface area (Å²) in [4.78, 5) is 33.9. The summed E-state index contributed by atoms with van der Waals surface area (Å²) < 4.78 is 0. The summed E-state index contributed by atoms with van der Waals surface area (Å²) in [5.41, 5.74) is 8.63. The number of hydrogen-bond acceptors (Lipinski definition) is 9. The maximum absolute atomic E-state index is 12.5. The van der Waals surface area contributed by atoms with Crippen molar-refractivity contribution in [3.05, 3.63) is 181 Å². The van der Waals surface area contributed by atoms with Gasteiger partial charge in [0.1, 0.15) is 11.4 Å². The van der Waals surface area contributed by atoms with Gasteiger partial charge in [-0.3, -0.25) is 9.98 Å². The number of aromatic nitrogens is 6. The summed E-state index contributed by atoms with van der Waals surface area (Å²) >= 11 is 0. The normalized spacial score (nSPS) is 11.4. The average Bonchev–Trinajstić information content (AvgIpc) is 3.93. The molecule has 0 atom stereocenters. The Morgan fingerprint density at radius 2 is 0.831 bits per heavy atom. The van der Waals surface area contributed by atoms with E-state index in [1.165, 1.54) is 0 Å². The number of fused-ring (bicyclic) bond motifs is 4. The molecule has 4 aromatic heterocycles. The molecule has 59 heavy (non-hydrogen) atoms. The van der Waals surface area contributed by atoms with Crippen LogP contribution in [0.4, 0.5) is 11.4 Å². The third-order valence-corrected chi connectivity index (χ3v) is 9.15. The number of nitrogens with zero attached hydrogens (tertiary/aromatic N) is 6. The molecule has 0 bridgehead atoms. The van der Waals surface area contributed by atoms with Crippen LogP contribution in [0.3, 0.4) is 0 Å². The van der Waals surface area contributed by atoms with Crippen molar-refractivity contribution in [3.63, 3.8) is 0 Å². The second kappa shape index (κ2) is 18.2. The van der Waals surface area contributed by atoms with Gasteiger partial charge in [-0.25, -0.2) is 19.9 Å². The second-order valence-electron chi connectivity index (χ2n) is 12.9. The first-order valence-corrected chi connectivity index (χ1v) is 18.3. The van der Waals surface area contributed by atoms with Crippen LogP contribution in [0.1, 0.15) is 11.1 Å². The van der Waals surface area contributed by atoms with Crippen LogP contribution < -0.4 is 10.2 Å². The topological polar surface area (TPSA) is 174 Å². The maximum atomic E-state index is 12.5. The molecular weight excluding hydrogens is 783 g/mol. The Morgan fingerprint density at radius 1 is 0.441 bits per heavy atom. The number of aliphatic hydroxyl groups is 1. The fourth-order valence-electron chi connectivity index (χ4n) is 6.36. The van der Waals surface area contributed by atoms with Gasteiger partial charge in [0.05, 0.1) is 44.5 Å². The molecule has 3 N–H and O–H groups in total. The minimum absolute atomic E-state index is 0. The Balaban J connectivity index is 0.000000169. The fourth-order valence-corrected chi connectivity index (χ4v) is 6.36. The maximum Gasteiger partial charge on any atom is 2.00 e. The molecule has 11 nitrogen and oxygen atoms in total. The minimum Gasteiger partial charge on any atom is -0.858 e. The van der Waals surface area contributed by atoms with Gasteiger partial charge < -0.3 is 25.3 Å². The van der Waals surface area contributed by atoms with Gasteiger partial charge >= 0.3 is 16.5 Å². The number of aliphatic hydroxyl groups excluding tert-OH is 1. The molecule has 0 saturated carbocycles. The summed E-state index contributed by atoms with van der Waals surface area (Å²) in [6, 6.07) is 52.8. The Hall–Kier alpha value is -7.53. The van der Waals surface area contributed by atoms with E-state index in [0.29, 0.717) is 56.6 Å². The van der Waals surface area contributed by atoms with Gasteiger partial charge in [0.2, 0.25) is 0 Å². The van der Waals surface area contributed by atoms with Crippen LogP contribution in [0.15, 0.2) is 180 Å². The quantitative estimate of drug-likeness (QED) is 0.0865. The predicted octanol–water partition coefficient (Wildman–Crippen LogP) is 8.04. The van der Waals surface area contributed by atoms with Crippen LogP contribution >= 0.6 is 0 Å². The number of benzene rings is 6. The molecule has 0 spiro atoms. The zero-order valence-electron chi connectivity index (χ0n) is 31.4. The largest absolute Gasteiger partial charge is 2.00 e. The van der Waals surface area contributed by atoms with Crippen molar-refractivity contribution < 1.29 is 31.8 Å². The number of para-hydroxylation sites is 6. The third-order valence-electron chi connectivity index (χ3n) is 9.15. The molecule has 0 saturated heterocycles. The molecule has 0 aliphatic heterocycles. The van der Waals surface area contributed by atoms with E-state index in [1.807, 2.05) is 133 Å². The number of hydrogen-bond donors (Lipinski definition) is 3. The van der Waals surface area contributed by atoms with Gasteiger partial charge in [-0.05, 0) is 71.5 Å². The molecule has 6 aromatic carbocycles. The summed E-state index contributed by atoms with van der Waals surface area (Å²) in [6.45, 7) is 0. The Labute approximate surface area is 348 Å². The number of pyridine rings is 2. The van der Waals surface area contributed by atoms with Crippen LogP contribution in [0, 0.1) is 0 Å². The number of imidazole rings is 2. The first-order chi connectivity index (χ1) is 28.6. The molecule has 290 valence electrons. The Bertz CT molecular complexity index is 2800. The zero-order chi connectivity index (χ0) is 39.8. The fraction of sp³-hybridized carbons (Fsp3) is 0.0213. The standard InChI is InChI=1S/2C23H16N4O.CH4O.Ni/c2*28-23(16-7-2-1-3-8-16)27-19-12-6-9-15-13-14-20(24-21(15)19)22-25-17-10-4-5-11-18(17)26-22;1-2;/h2*1-14H,(H,25,26)(H,27,28);2H,1H3;/q;;;+2/p-2. The van der Waals surface area contributed by atoms with Gasteiger partial charge in [-0.15, -0.1) is 0 Å². The average molecular weight is 818 g/mol. The molecule has 10 aromatic rings. The number of aliphatic imine (C=N–C) groups is 2. The summed E-state index contributed by atoms with van der Waals surface area (Å²) in [6.07, 6.45) is 0. The van der Waals surface area contributed by atoms with Crippen molar-refractivity contribution in [1.29, 1.82) is 0 Å². The third kappa shape index (κ3) is 8.74. The molecule has 0 radical (unpaired) electrons. The molecule has 0 unspecified atom stereocenters. The molecular formula is C47H34N8NiO3. The van der Waals surface area contributed by atoms with Crippen LogP contribution in [-0.4, -0.2) is 53.9 Å². The zero-order valence-corrected chi connectivity index (χ0v) is 32.4. The van der Waals surface area contributed by atoms with Crippen LogP contribution in [-0.2, 0) is 16.5 Å². The van der Waals surface area contributed by atoms with Gasteiger partial charge in [0, 0.05) is 17.9 Å². The van der Waals surface area contributed by atoms with E-state index in [9.17, 15) is 10.2 Å². The number of H-pyrrole nitrogens is 2. The van der Waals surface area contributed by atoms with Crippen LogP contribution in [0.2, 0.25) is 0 Å². The monoisotopic (exact) mass is 816 g/mol. The first-order valence-electron chi connectivity index (χ1n) is 18.3. The van der Waals surface area contributed by atoms with E-state index in [1.54, 1.807) is 36.4 Å². The number of aromatic amines is 2. The molecule has 0 aliphatic rings. The van der Waals surface area contributed by atoms with Crippen molar-refractivity contribution in [2.45, 2.75) is 0 Å². The Morgan fingerprint density at radius 3 is 1.24 bits per heavy atom. The van der Waals surface area contributed by atoms with E-state index < -0.39 is 0 Å². The molecule has 4 heterocycles. The smallest absolute Gasteiger partial charge is 0.858 e. The van der Waals surface area contributed by atoms with Crippen molar-refractivity contribution in [1.82, 2.24) is 29.9 Å². The first kappa shape index (κ1) is 39.7. The van der Waals surface area contributed by atoms with Crippen molar-refractivity contribution >= 4 is 67.0 Å². The summed E-state index contributed by atoms with van der Waals surface area (Å²) in [7, 11) is 1.00. The SMILES string of the molecule is CO.[Ni+2].[O-]C(=Nc1cccc2ccc(-c3nc4ccccc4[nH]3)nc12)c1ccccc1.[O-]C(=Nc1cccc2ccc(-c3nc4ccccc4[nH]3)nc12)c1ccccc1. The van der Waals surface area contributed by atoms with Gasteiger partial charge in [-0.2, -0.15) is 0 Å². The van der Waals surface area contributed by atoms with Gasteiger partial charge in [0.15, 0.2) is 11.6 Å². The minimum atomic E-state index is -0.288. The van der Waals surface area contributed by atoms with Gasteiger partial charge in [0.25, 0.3) is 0 Å². The van der Waals surface area contributed by atoms with Gasteiger partial charge in [-0.1, -0.05) is 121 Å². The van der Waals surface area contributed by atoms with E-state index in [-0.39, 0.29) is 28.3 Å². The van der Waals surface area contributed by atoms with Crippen LogP contribution in [0.25, 0.3) is 66.9 Å². The van der Waals surface area contributed by atoms with Crippen molar-refractivity contribution in [2.24, 2.45) is 9.98 Å². The summed E-state index contributed by atoms with van der Waals surface area (Å²) in [5.74, 6) is 0.799. The molecule has 0 amide bonds. The van der Waals surface area contributed by atoms with E-state index in [0.717, 1.165) is 39.9 Å². The van der Waals surface area contributed by atoms with Crippen molar-refractivity contribution in [3.8, 4) is 23.0 Å². The molecule has 0 aliphatic carbocycles. The molecule has 12 heteroatoms. The molecule has 0 fully saturated rings. The van der Waals surface area contributed by atoms with E-state index in [4.69, 9.17) is 15.1 Å². The van der Waals surface area contributed by atoms with Crippen LogP contribution in [0.5, 0.6) is 0 Å². The Kier molecular flexibility index (Phi) is 12.2. The predicted molar refractivity (Wildman–Crippen MR) is 227 cm³/mol. The second-order valence-corrected chi connectivity index (χ2v) is 12.9. The number of rotatable bonds is 6. The van der Waals surface area contributed by atoms with Crippen molar-refractivity contribution in [2.75, 3.05) is 7.11 Å². The number of nitrogens with one attached hydrogen (secondary N) is 2.